The molecule has 1 N–H and O–H groups in total. The van der Waals surface area contributed by atoms with E-state index >= 15 is 0 Å². The Morgan fingerprint density at radius 2 is 1.65 bits per heavy atom. The van der Waals surface area contributed by atoms with E-state index in [1.165, 1.54) is 11.1 Å². The summed E-state index contributed by atoms with van der Waals surface area (Å²) in [4.78, 5) is 10.1. The second-order valence-electron chi connectivity index (χ2n) is 7.41. The van der Waals surface area contributed by atoms with Crippen LogP contribution < -0.4 is 10.1 Å². The highest BCUT2D eigenvalue weighted by Crippen LogP contribution is 2.39. The van der Waals surface area contributed by atoms with Crippen LogP contribution in [-0.4, -0.2) is 19.6 Å². The fraction of sp³-hybridized carbons (Fsp3) is 0.650. The lowest BCUT2D eigenvalue weighted by Gasteiger charge is -2.34. The molecule has 1 aromatic carbocycles. The molecular formula is C20H32NO2. The van der Waals surface area contributed by atoms with Gasteiger partial charge in [-0.1, -0.05) is 47.6 Å². The highest BCUT2D eigenvalue weighted by molar-refractivity contribution is 5.46. The summed E-state index contributed by atoms with van der Waals surface area (Å²) < 4.78 is 5.86. The van der Waals surface area contributed by atoms with Crippen molar-refractivity contribution in [1.29, 1.82) is 0 Å². The molecule has 1 rings (SSSR count). The smallest absolute Gasteiger partial charge is 0.309 e. The Balaban J connectivity index is 3.01. The lowest BCUT2D eigenvalue weighted by atomic mass is 9.71. The van der Waals surface area contributed by atoms with Crippen LogP contribution in [0.3, 0.4) is 0 Å². The number of carbonyl (C=O) groups excluding carboxylic acids is 1. The largest absolute Gasteiger partial charge is 0.494 e. The zero-order valence-electron chi connectivity index (χ0n) is 15.6. The van der Waals surface area contributed by atoms with E-state index in [-0.39, 0.29) is 10.8 Å². The number of hydrogen-bond donors (Lipinski definition) is 1. The predicted molar refractivity (Wildman–Crippen MR) is 96.9 cm³/mol. The highest BCUT2D eigenvalue weighted by atomic mass is 16.5. The van der Waals surface area contributed by atoms with Crippen LogP contribution in [0.25, 0.3) is 0 Å². The van der Waals surface area contributed by atoms with Gasteiger partial charge in [0.25, 0.3) is 0 Å². The van der Waals surface area contributed by atoms with Gasteiger partial charge in [-0.3, -0.25) is 4.79 Å². The van der Waals surface area contributed by atoms with E-state index in [4.69, 9.17) is 4.74 Å². The van der Waals surface area contributed by atoms with Crippen molar-refractivity contribution in [3.05, 3.63) is 29.3 Å². The first-order valence-corrected chi connectivity index (χ1v) is 8.66. The summed E-state index contributed by atoms with van der Waals surface area (Å²) in [6.45, 7) is 14.9. The van der Waals surface area contributed by atoms with Gasteiger partial charge in [0.2, 0.25) is 0 Å². The molecule has 0 fully saturated rings. The zero-order valence-corrected chi connectivity index (χ0v) is 15.6. The summed E-state index contributed by atoms with van der Waals surface area (Å²) in [5, 5.41) is 2.53. The Morgan fingerprint density at radius 3 is 2.22 bits per heavy atom. The van der Waals surface area contributed by atoms with Gasteiger partial charge in [0.05, 0.1) is 6.61 Å². The van der Waals surface area contributed by atoms with Crippen LogP contribution in [0.1, 0.15) is 71.9 Å². The topological polar surface area (TPSA) is 38.3 Å². The first-order valence-electron chi connectivity index (χ1n) is 8.66. The molecule has 0 unspecified atom stereocenters. The molecule has 0 atom stereocenters. The number of hydrogen-bond acceptors (Lipinski definition) is 2. The standard InChI is InChI=1S/C20H32NO2/c1-7-19(3,4)17-11-10-16(23-13-9-12-21-15-22)14-18(17)20(5,6)8-2/h10-11,14H,7-9,12-13H2,1-6H3,(H,21,22). The van der Waals surface area contributed by atoms with Crippen molar-refractivity contribution >= 4 is 6.41 Å². The van der Waals surface area contributed by atoms with E-state index in [0.29, 0.717) is 13.2 Å². The van der Waals surface area contributed by atoms with Gasteiger partial charge in [0.15, 0.2) is 0 Å². The minimum absolute atomic E-state index is 0.120. The molecule has 0 saturated heterocycles. The van der Waals surface area contributed by atoms with Crippen LogP contribution in [0, 0.1) is 0 Å². The molecule has 0 aromatic heterocycles. The zero-order chi connectivity index (χ0) is 17.5. The molecule has 0 heterocycles. The SMILES string of the molecule is CCC(C)(C)c1ccc(OCCCN[C]=O)cc1C(C)(C)CC. The summed E-state index contributed by atoms with van der Waals surface area (Å²) in [6, 6.07) is 6.50. The normalized spacial score (nSPS) is 12.1. The van der Waals surface area contributed by atoms with E-state index < -0.39 is 0 Å². The van der Waals surface area contributed by atoms with Crippen LogP contribution >= 0.6 is 0 Å². The van der Waals surface area contributed by atoms with Gasteiger partial charge < -0.3 is 10.1 Å². The van der Waals surface area contributed by atoms with Gasteiger partial charge in [-0.2, -0.15) is 0 Å². The summed E-state index contributed by atoms with van der Waals surface area (Å²) in [5.41, 5.74) is 3.07. The molecule has 0 aliphatic rings. The third-order valence-corrected chi connectivity index (χ3v) is 5.00. The fourth-order valence-corrected chi connectivity index (χ4v) is 2.55. The van der Waals surface area contributed by atoms with Crippen LogP contribution in [0.4, 0.5) is 0 Å². The molecule has 129 valence electrons. The molecule has 0 bridgehead atoms. The minimum atomic E-state index is 0.120. The Morgan fingerprint density at radius 1 is 1.04 bits per heavy atom. The van der Waals surface area contributed by atoms with Crippen molar-refractivity contribution in [2.75, 3.05) is 13.2 Å². The van der Waals surface area contributed by atoms with Gasteiger partial charge in [-0.15, -0.1) is 0 Å². The van der Waals surface area contributed by atoms with Gasteiger partial charge in [0, 0.05) is 6.54 Å². The van der Waals surface area contributed by atoms with E-state index in [9.17, 15) is 4.79 Å². The lowest BCUT2D eigenvalue weighted by Crippen LogP contribution is -2.25. The molecule has 0 saturated carbocycles. The first-order chi connectivity index (χ1) is 10.8. The van der Waals surface area contributed by atoms with Crippen molar-refractivity contribution < 1.29 is 9.53 Å². The van der Waals surface area contributed by atoms with Crippen molar-refractivity contribution in [3.8, 4) is 5.75 Å². The molecule has 23 heavy (non-hydrogen) atoms. The molecular weight excluding hydrogens is 286 g/mol. The van der Waals surface area contributed by atoms with E-state index in [1.807, 2.05) is 0 Å². The maximum atomic E-state index is 10.1. The van der Waals surface area contributed by atoms with E-state index in [0.717, 1.165) is 25.0 Å². The van der Waals surface area contributed by atoms with Gasteiger partial charge in [-0.05, 0) is 53.4 Å². The molecule has 3 nitrogen and oxygen atoms in total. The van der Waals surface area contributed by atoms with E-state index in [2.05, 4.69) is 65.1 Å². The molecule has 3 heteroatoms. The van der Waals surface area contributed by atoms with Gasteiger partial charge >= 0.3 is 6.41 Å². The number of ether oxygens (including phenoxy) is 1. The van der Waals surface area contributed by atoms with Gasteiger partial charge in [0.1, 0.15) is 5.75 Å². The highest BCUT2D eigenvalue weighted by Gasteiger charge is 2.29. The average molecular weight is 318 g/mol. The Labute approximate surface area is 141 Å². The monoisotopic (exact) mass is 318 g/mol. The van der Waals surface area contributed by atoms with Crippen molar-refractivity contribution in [2.24, 2.45) is 0 Å². The van der Waals surface area contributed by atoms with Crippen LogP contribution in [0.15, 0.2) is 18.2 Å². The molecule has 0 aliphatic heterocycles. The quantitative estimate of drug-likeness (QED) is 0.510. The maximum Gasteiger partial charge on any atom is 0.309 e. The van der Waals surface area contributed by atoms with Crippen LogP contribution in [0.5, 0.6) is 5.75 Å². The minimum Gasteiger partial charge on any atom is -0.494 e. The first kappa shape index (κ1) is 19.5. The van der Waals surface area contributed by atoms with Crippen molar-refractivity contribution in [3.63, 3.8) is 0 Å². The second-order valence-corrected chi connectivity index (χ2v) is 7.41. The van der Waals surface area contributed by atoms with Crippen LogP contribution in [-0.2, 0) is 15.6 Å². The summed E-state index contributed by atoms with van der Waals surface area (Å²) >= 11 is 0. The third kappa shape index (κ3) is 5.26. The average Bonchev–Trinajstić information content (AvgIpc) is 2.54. The molecule has 1 amide bonds. The Hall–Kier alpha value is -1.51. The molecule has 1 radical (unpaired) electrons. The number of benzene rings is 1. The van der Waals surface area contributed by atoms with Crippen LogP contribution in [0.2, 0.25) is 0 Å². The number of nitrogens with one attached hydrogen (secondary N) is 1. The number of rotatable bonds is 10. The summed E-state index contributed by atoms with van der Waals surface area (Å²) in [5.74, 6) is 0.910. The van der Waals surface area contributed by atoms with Crippen molar-refractivity contribution in [2.45, 2.75) is 71.6 Å². The summed E-state index contributed by atoms with van der Waals surface area (Å²) in [6.07, 6.45) is 4.65. The summed E-state index contributed by atoms with van der Waals surface area (Å²) in [7, 11) is 0. The maximum absolute atomic E-state index is 10.1. The molecule has 0 aliphatic carbocycles. The molecule has 0 spiro atoms. The van der Waals surface area contributed by atoms with Crippen molar-refractivity contribution in [1.82, 2.24) is 5.32 Å². The Bertz CT molecular complexity index is 506. The predicted octanol–water partition coefficient (Wildman–Crippen LogP) is 4.49. The fourth-order valence-electron chi connectivity index (χ4n) is 2.55. The number of amides is 1. The van der Waals surface area contributed by atoms with E-state index in [1.54, 1.807) is 6.41 Å². The second kappa shape index (κ2) is 8.37. The molecule has 1 aromatic rings. The van der Waals surface area contributed by atoms with Gasteiger partial charge in [-0.25, -0.2) is 0 Å². The third-order valence-electron chi connectivity index (χ3n) is 5.00. The Kier molecular flexibility index (Phi) is 7.11. The lowest BCUT2D eigenvalue weighted by molar-refractivity contribution is 0.309.